The average Bonchev–Trinajstić information content (AvgIpc) is 2.79. The van der Waals surface area contributed by atoms with Crippen LogP contribution in [0.4, 0.5) is 11.4 Å². The zero-order valence-electron chi connectivity index (χ0n) is 18.0. The molecule has 0 aliphatic rings. The SMILES string of the molecule is CCCCc1ccc(NC(=O)c2ccc(OCC(=O)Nc3ccccc3C)cc2)cc1. The summed E-state index contributed by atoms with van der Waals surface area (Å²) in [4.78, 5) is 24.6. The lowest BCUT2D eigenvalue weighted by atomic mass is 10.1. The van der Waals surface area contributed by atoms with E-state index < -0.39 is 0 Å². The van der Waals surface area contributed by atoms with E-state index in [2.05, 4.69) is 17.6 Å². The zero-order valence-corrected chi connectivity index (χ0v) is 18.0. The highest BCUT2D eigenvalue weighted by atomic mass is 16.5. The van der Waals surface area contributed by atoms with Gasteiger partial charge in [-0.3, -0.25) is 9.59 Å². The van der Waals surface area contributed by atoms with Crippen molar-refractivity contribution >= 4 is 23.2 Å². The van der Waals surface area contributed by atoms with E-state index in [0.717, 1.165) is 36.2 Å². The van der Waals surface area contributed by atoms with Gasteiger partial charge in [0.1, 0.15) is 5.75 Å². The molecule has 0 spiro atoms. The van der Waals surface area contributed by atoms with Gasteiger partial charge < -0.3 is 15.4 Å². The molecule has 3 aromatic rings. The maximum atomic E-state index is 12.5. The van der Waals surface area contributed by atoms with Gasteiger partial charge in [0.2, 0.25) is 0 Å². The maximum absolute atomic E-state index is 12.5. The molecule has 0 aliphatic carbocycles. The zero-order chi connectivity index (χ0) is 22.1. The highest BCUT2D eigenvalue weighted by molar-refractivity contribution is 6.04. The summed E-state index contributed by atoms with van der Waals surface area (Å²) < 4.78 is 5.53. The van der Waals surface area contributed by atoms with Crippen LogP contribution in [0, 0.1) is 6.92 Å². The topological polar surface area (TPSA) is 67.4 Å². The number of amides is 2. The van der Waals surface area contributed by atoms with E-state index in [9.17, 15) is 9.59 Å². The molecule has 5 heteroatoms. The largest absolute Gasteiger partial charge is 0.484 e. The minimum Gasteiger partial charge on any atom is -0.484 e. The lowest BCUT2D eigenvalue weighted by Crippen LogP contribution is -2.20. The molecule has 0 saturated heterocycles. The molecular formula is C26H28N2O3. The fourth-order valence-electron chi connectivity index (χ4n) is 3.09. The minimum absolute atomic E-state index is 0.107. The van der Waals surface area contributed by atoms with Crippen LogP contribution in [0.3, 0.4) is 0 Å². The summed E-state index contributed by atoms with van der Waals surface area (Å²) in [5.41, 5.74) is 4.31. The van der Waals surface area contributed by atoms with Gasteiger partial charge in [0.25, 0.3) is 11.8 Å². The molecule has 2 N–H and O–H groups in total. The molecule has 31 heavy (non-hydrogen) atoms. The second-order valence-corrected chi connectivity index (χ2v) is 7.43. The number of para-hydroxylation sites is 1. The molecule has 0 atom stereocenters. The Morgan fingerprint density at radius 3 is 2.26 bits per heavy atom. The van der Waals surface area contributed by atoms with E-state index in [0.29, 0.717) is 11.3 Å². The molecule has 0 heterocycles. The number of benzene rings is 3. The minimum atomic E-state index is -0.237. The number of nitrogens with one attached hydrogen (secondary N) is 2. The van der Waals surface area contributed by atoms with Gasteiger partial charge in [-0.05, 0) is 73.4 Å². The van der Waals surface area contributed by atoms with Crippen molar-refractivity contribution < 1.29 is 14.3 Å². The van der Waals surface area contributed by atoms with Crippen molar-refractivity contribution in [2.45, 2.75) is 33.1 Å². The van der Waals surface area contributed by atoms with E-state index in [4.69, 9.17) is 4.74 Å². The highest BCUT2D eigenvalue weighted by Crippen LogP contribution is 2.17. The number of unbranched alkanes of at least 4 members (excludes halogenated alkanes) is 1. The van der Waals surface area contributed by atoms with Gasteiger partial charge in [-0.25, -0.2) is 0 Å². The number of rotatable bonds is 9. The Morgan fingerprint density at radius 2 is 1.58 bits per heavy atom. The first-order chi connectivity index (χ1) is 15.0. The van der Waals surface area contributed by atoms with Crippen LogP contribution < -0.4 is 15.4 Å². The summed E-state index contributed by atoms with van der Waals surface area (Å²) in [5.74, 6) is 0.0976. The Kier molecular flexibility index (Phi) is 7.82. The van der Waals surface area contributed by atoms with Gasteiger partial charge in [-0.2, -0.15) is 0 Å². The third-order valence-corrected chi connectivity index (χ3v) is 4.94. The maximum Gasteiger partial charge on any atom is 0.262 e. The smallest absolute Gasteiger partial charge is 0.262 e. The van der Waals surface area contributed by atoms with Crippen LogP contribution in [-0.4, -0.2) is 18.4 Å². The van der Waals surface area contributed by atoms with E-state index in [1.165, 1.54) is 5.56 Å². The highest BCUT2D eigenvalue weighted by Gasteiger charge is 2.08. The average molecular weight is 417 g/mol. The number of carbonyl (C=O) groups is 2. The molecule has 0 aliphatic heterocycles. The Balaban J connectivity index is 1.49. The van der Waals surface area contributed by atoms with Crippen molar-refractivity contribution in [1.29, 1.82) is 0 Å². The fourth-order valence-corrected chi connectivity index (χ4v) is 3.09. The van der Waals surface area contributed by atoms with E-state index >= 15 is 0 Å². The molecule has 3 aromatic carbocycles. The summed E-state index contributed by atoms with van der Waals surface area (Å²) in [7, 11) is 0. The van der Waals surface area contributed by atoms with Crippen LogP contribution in [0.25, 0.3) is 0 Å². The van der Waals surface area contributed by atoms with Crippen molar-refractivity contribution in [3.63, 3.8) is 0 Å². The monoisotopic (exact) mass is 416 g/mol. The molecule has 3 rings (SSSR count). The number of carbonyl (C=O) groups excluding carboxylic acids is 2. The van der Waals surface area contributed by atoms with Crippen molar-refractivity contribution in [1.82, 2.24) is 0 Å². The first-order valence-corrected chi connectivity index (χ1v) is 10.5. The summed E-state index contributed by atoms with van der Waals surface area (Å²) in [6, 6.07) is 22.2. The number of anilines is 2. The van der Waals surface area contributed by atoms with Crippen LogP contribution >= 0.6 is 0 Å². The summed E-state index contributed by atoms with van der Waals surface area (Å²) in [6.07, 6.45) is 3.37. The molecule has 5 nitrogen and oxygen atoms in total. The normalized spacial score (nSPS) is 10.4. The van der Waals surface area contributed by atoms with Crippen molar-refractivity contribution in [3.05, 3.63) is 89.5 Å². The predicted molar refractivity (Wildman–Crippen MR) is 125 cm³/mol. The summed E-state index contributed by atoms with van der Waals surface area (Å²) in [5, 5.41) is 5.72. The van der Waals surface area contributed by atoms with E-state index in [1.807, 2.05) is 55.5 Å². The second-order valence-electron chi connectivity index (χ2n) is 7.43. The molecule has 0 unspecified atom stereocenters. The Labute approximate surface area is 183 Å². The summed E-state index contributed by atoms with van der Waals surface area (Å²) >= 11 is 0. The van der Waals surface area contributed by atoms with Gasteiger partial charge in [0, 0.05) is 16.9 Å². The van der Waals surface area contributed by atoms with Gasteiger partial charge in [-0.1, -0.05) is 43.7 Å². The van der Waals surface area contributed by atoms with Gasteiger partial charge >= 0.3 is 0 Å². The number of ether oxygens (including phenoxy) is 1. The number of hydrogen-bond donors (Lipinski definition) is 2. The van der Waals surface area contributed by atoms with Gasteiger partial charge in [0.15, 0.2) is 6.61 Å². The standard InChI is InChI=1S/C26H28N2O3/c1-3-4-8-20-10-14-22(15-11-20)27-26(30)21-12-16-23(17-13-21)31-18-25(29)28-24-9-6-5-7-19(24)2/h5-7,9-17H,3-4,8,18H2,1-2H3,(H,27,30)(H,28,29). The van der Waals surface area contributed by atoms with Crippen LogP contribution in [-0.2, 0) is 11.2 Å². The van der Waals surface area contributed by atoms with Crippen LogP contribution in [0.2, 0.25) is 0 Å². The van der Waals surface area contributed by atoms with Gasteiger partial charge in [-0.15, -0.1) is 0 Å². The van der Waals surface area contributed by atoms with Crippen molar-refractivity contribution in [2.75, 3.05) is 17.2 Å². The first kappa shape index (κ1) is 22.1. The third-order valence-electron chi connectivity index (χ3n) is 4.94. The third kappa shape index (κ3) is 6.71. The summed E-state index contributed by atoms with van der Waals surface area (Å²) in [6.45, 7) is 4.00. The first-order valence-electron chi connectivity index (χ1n) is 10.5. The predicted octanol–water partition coefficient (Wildman–Crippen LogP) is 5.61. The second kappa shape index (κ2) is 11.0. The molecule has 0 fully saturated rings. The molecule has 0 bridgehead atoms. The van der Waals surface area contributed by atoms with Gasteiger partial charge in [0.05, 0.1) is 0 Å². The number of hydrogen-bond acceptors (Lipinski definition) is 3. The Hall–Kier alpha value is -3.60. The van der Waals surface area contributed by atoms with Crippen LogP contribution in [0.1, 0.15) is 41.3 Å². The Bertz CT molecular complexity index is 1010. The Morgan fingerprint density at radius 1 is 0.871 bits per heavy atom. The van der Waals surface area contributed by atoms with E-state index in [1.54, 1.807) is 24.3 Å². The molecular weight excluding hydrogens is 388 g/mol. The molecule has 160 valence electrons. The molecule has 0 saturated carbocycles. The van der Waals surface area contributed by atoms with E-state index in [-0.39, 0.29) is 18.4 Å². The van der Waals surface area contributed by atoms with Crippen LogP contribution in [0.5, 0.6) is 5.75 Å². The van der Waals surface area contributed by atoms with Crippen molar-refractivity contribution in [3.8, 4) is 5.75 Å². The van der Waals surface area contributed by atoms with Crippen molar-refractivity contribution in [2.24, 2.45) is 0 Å². The molecule has 0 aromatic heterocycles. The quantitative estimate of drug-likeness (QED) is 0.477. The molecule has 0 radical (unpaired) electrons. The number of aryl methyl sites for hydroxylation is 2. The fraction of sp³-hybridized carbons (Fsp3) is 0.231. The lowest BCUT2D eigenvalue weighted by Gasteiger charge is -2.10. The van der Waals surface area contributed by atoms with Crippen LogP contribution in [0.15, 0.2) is 72.8 Å². The lowest BCUT2D eigenvalue weighted by molar-refractivity contribution is -0.118. The molecule has 2 amide bonds.